The minimum absolute atomic E-state index is 0.374. The van der Waals surface area contributed by atoms with Crippen molar-refractivity contribution in [2.24, 2.45) is 10.4 Å². The van der Waals surface area contributed by atoms with Crippen LogP contribution in [0.25, 0.3) is 10.6 Å². The number of benzene rings is 1. The lowest BCUT2D eigenvalue weighted by molar-refractivity contribution is 0.370. The molecule has 2 aromatic rings. The van der Waals surface area contributed by atoms with E-state index >= 15 is 0 Å². The molecule has 2 heterocycles. The zero-order valence-corrected chi connectivity index (χ0v) is 14.9. The van der Waals surface area contributed by atoms with E-state index in [4.69, 9.17) is 4.98 Å². The van der Waals surface area contributed by atoms with Gasteiger partial charge >= 0.3 is 0 Å². The Kier molecular flexibility index (Phi) is 4.66. The number of aromatic nitrogens is 1. The SMILES string of the molecule is CN=C(NCc1csc(-c2ccccc2)n1)N1CCC(C)(C)C1. The second kappa shape index (κ2) is 6.71. The first-order valence-electron chi connectivity index (χ1n) is 8.03. The summed E-state index contributed by atoms with van der Waals surface area (Å²) in [5.41, 5.74) is 2.61. The number of rotatable bonds is 3. The highest BCUT2D eigenvalue weighted by Gasteiger charge is 2.30. The fourth-order valence-corrected chi connectivity index (χ4v) is 3.72. The fourth-order valence-electron chi connectivity index (χ4n) is 2.90. The highest BCUT2D eigenvalue weighted by molar-refractivity contribution is 7.13. The van der Waals surface area contributed by atoms with Crippen molar-refractivity contribution in [3.63, 3.8) is 0 Å². The van der Waals surface area contributed by atoms with Crippen LogP contribution < -0.4 is 5.32 Å². The molecule has 5 heteroatoms. The van der Waals surface area contributed by atoms with Crippen LogP contribution in [0.2, 0.25) is 0 Å². The molecule has 1 aromatic carbocycles. The smallest absolute Gasteiger partial charge is 0.193 e. The summed E-state index contributed by atoms with van der Waals surface area (Å²) in [6.07, 6.45) is 1.21. The summed E-state index contributed by atoms with van der Waals surface area (Å²) in [5, 5.41) is 6.64. The predicted molar refractivity (Wildman–Crippen MR) is 97.7 cm³/mol. The predicted octanol–water partition coefficient (Wildman–Crippen LogP) is 3.62. The van der Waals surface area contributed by atoms with E-state index in [9.17, 15) is 0 Å². The van der Waals surface area contributed by atoms with Gasteiger partial charge in [-0.05, 0) is 11.8 Å². The average Bonchev–Trinajstić information content (AvgIpc) is 3.16. The first kappa shape index (κ1) is 16.0. The van der Waals surface area contributed by atoms with Gasteiger partial charge in [0.05, 0.1) is 12.2 Å². The Balaban J connectivity index is 1.61. The topological polar surface area (TPSA) is 40.5 Å². The first-order valence-corrected chi connectivity index (χ1v) is 8.91. The van der Waals surface area contributed by atoms with Crippen LogP contribution >= 0.6 is 11.3 Å². The highest BCUT2D eigenvalue weighted by atomic mass is 32.1. The van der Waals surface area contributed by atoms with Gasteiger partial charge in [0.15, 0.2) is 5.96 Å². The summed E-state index contributed by atoms with van der Waals surface area (Å²) in [7, 11) is 1.85. The Labute approximate surface area is 142 Å². The number of nitrogens with zero attached hydrogens (tertiary/aromatic N) is 3. The van der Waals surface area contributed by atoms with Crippen molar-refractivity contribution in [3.8, 4) is 10.6 Å². The summed E-state index contributed by atoms with van der Waals surface area (Å²) in [6, 6.07) is 10.3. The second-order valence-electron chi connectivity index (χ2n) is 6.75. The molecule has 0 bridgehead atoms. The average molecular weight is 328 g/mol. The number of aliphatic imine (C=N–C) groups is 1. The quantitative estimate of drug-likeness (QED) is 0.691. The third-order valence-electron chi connectivity index (χ3n) is 4.19. The van der Waals surface area contributed by atoms with Crippen LogP contribution in [-0.4, -0.2) is 36.0 Å². The molecule has 1 saturated heterocycles. The van der Waals surface area contributed by atoms with Gasteiger partial charge in [-0.15, -0.1) is 11.3 Å². The largest absolute Gasteiger partial charge is 0.351 e. The van der Waals surface area contributed by atoms with Crippen molar-refractivity contribution in [2.75, 3.05) is 20.1 Å². The molecule has 3 rings (SSSR count). The fraction of sp³-hybridized carbons (Fsp3) is 0.444. The number of likely N-dealkylation sites (tertiary alicyclic amines) is 1. The van der Waals surface area contributed by atoms with Gasteiger partial charge in [-0.25, -0.2) is 4.98 Å². The van der Waals surface area contributed by atoms with E-state index in [1.54, 1.807) is 11.3 Å². The van der Waals surface area contributed by atoms with Crippen molar-refractivity contribution in [3.05, 3.63) is 41.4 Å². The van der Waals surface area contributed by atoms with E-state index in [1.807, 2.05) is 25.2 Å². The lowest BCUT2D eigenvalue weighted by atomic mass is 9.93. The van der Waals surface area contributed by atoms with E-state index in [0.717, 1.165) is 29.8 Å². The van der Waals surface area contributed by atoms with Crippen molar-refractivity contribution < 1.29 is 0 Å². The summed E-state index contributed by atoms with van der Waals surface area (Å²) in [6.45, 7) is 7.46. The number of thiazole rings is 1. The molecule has 1 N–H and O–H groups in total. The van der Waals surface area contributed by atoms with Gasteiger partial charge < -0.3 is 10.2 Å². The summed E-state index contributed by atoms with van der Waals surface area (Å²) >= 11 is 1.69. The Bertz CT molecular complexity index is 675. The van der Waals surface area contributed by atoms with Crippen molar-refractivity contribution >= 4 is 17.3 Å². The minimum Gasteiger partial charge on any atom is -0.351 e. The maximum absolute atomic E-state index is 4.72. The first-order chi connectivity index (χ1) is 11.1. The normalized spacial score (nSPS) is 17.5. The molecule has 122 valence electrons. The van der Waals surface area contributed by atoms with E-state index in [0.29, 0.717) is 12.0 Å². The molecule has 0 amide bonds. The minimum atomic E-state index is 0.374. The molecule has 0 saturated carbocycles. The van der Waals surface area contributed by atoms with Crippen LogP contribution in [0.3, 0.4) is 0 Å². The zero-order valence-electron chi connectivity index (χ0n) is 14.0. The third kappa shape index (κ3) is 3.91. The summed E-state index contributed by atoms with van der Waals surface area (Å²) in [5.74, 6) is 0.977. The molecule has 0 atom stereocenters. The monoisotopic (exact) mass is 328 g/mol. The Morgan fingerprint density at radius 2 is 2.13 bits per heavy atom. The number of guanidine groups is 1. The summed E-state index contributed by atoms with van der Waals surface area (Å²) in [4.78, 5) is 11.5. The molecule has 0 aliphatic carbocycles. The maximum atomic E-state index is 4.72. The van der Waals surface area contributed by atoms with Gasteiger partial charge in [-0.2, -0.15) is 0 Å². The van der Waals surface area contributed by atoms with Gasteiger partial charge in [0.25, 0.3) is 0 Å². The molecule has 0 radical (unpaired) electrons. The van der Waals surface area contributed by atoms with Gasteiger partial charge in [-0.1, -0.05) is 44.2 Å². The van der Waals surface area contributed by atoms with Crippen LogP contribution in [0.5, 0.6) is 0 Å². The van der Waals surface area contributed by atoms with Crippen LogP contribution in [-0.2, 0) is 6.54 Å². The second-order valence-corrected chi connectivity index (χ2v) is 7.60. The zero-order chi connectivity index (χ0) is 16.3. The van der Waals surface area contributed by atoms with E-state index < -0.39 is 0 Å². The van der Waals surface area contributed by atoms with Gasteiger partial charge in [0, 0.05) is 31.1 Å². The van der Waals surface area contributed by atoms with Gasteiger partial charge in [-0.3, -0.25) is 4.99 Å². The van der Waals surface area contributed by atoms with Crippen molar-refractivity contribution in [1.82, 2.24) is 15.2 Å². The lowest BCUT2D eigenvalue weighted by Crippen LogP contribution is -2.40. The van der Waals surface area contributed by atoms with E-state index in [1.165, 1.54) is 12.0 Å². The number of hydrogen-bond donors (Lipinski definition) is 1. The van der Waals surface area contributed by atoms with Crippen LogP contribution in [0.15, 0.2) is 40.7 Å². The van der Waals surface area contributed by atoms with Crippen molar-refractivity contribution in [1.29, 1.82) is 0 Å². The molecule has 23 heavy (non-hydrogen) atoms. The summed E-state index contributed by atoms with van der Waals surface area (Å²) < 4.78 is 0. The van der Waals surface area contributed by atoms with Gasteiger partial charge in [0.1, 0.15) is 5.01 Å². The molecule has 0 spiro atoms. The van der Waals surface area contributed by atoms with Crippen LogP contribution in [0, 0.1) is 5.41 Å². The van der Waals surface area contributed by atoms with Crippen molar-refractivity contribution in [2.45, 2.75) is 26.8 Å². The Morgan fingerprint density at radius 1 is 1.35 bits per heavy atom. The van der Waals surface area contributed by atoms with E-state index in [-0.39, 0.29) is 0 Å². The standard InChI is InChI=1S/C18H24N4S/c1-18(2)9-10-22(13-18)17(19-3)20-11-15-12-23-16(21-15)14-7-5-4-6-8-14/h4-8,12H,9-11,13H2,1-3H3,(H,19,20). The molecule has 1 aromatic heterocycles. The lowest BCUT2D eigenvalue weighted by Gasteiger charge is -2.23. The molecule has 4 nitrogen and oxygen atoms in total. The number of hydrogen-bond acceptors (Lipinski definition) is 3. The molecule has 1 aliphatic rings. The third-order valence-corrected chi connectivity index (χ3v) is 5.13. The Morgan fingerprint density at radius 3 is 2.78 bits per heavy atom. The van der Waals surface area contributed by atoms with Crippen LogP contribution in [0.4, 0.5) is 0 Å². The Hall–Kier alpha value is -1.88. The molecule has 1 aliphatic heterocycles. The van der Waals surface area contributed by atoms with Crippen LogP contribution in [0.1, 0.15) is 26.0 Å². The number of nitrogens with one attached hydrogen (secondary N) is 1. The molecular weight excluding hydrogens is 304 g/mol. The highest BCUT2D eigenvalue weighted by Crippen LogP contribution is 2.28. The molecule has 1 fully saturated rings. The molecule has 0 unspecified atom stereocenters. The maximum Gasteiger partial charge on any atom is 0.193 e. The molecular formula is C18H24N4S. The van der Waals surface area contributed by atoms with E-state index in [2.05, 4.69) is 46.6 Å². The van der Waals surface area contributed by atoms with Gasteiger partial charge in [0.2, 0.25) is 0 Å².